The number of phenols is 2. The quantitative estimate of drug-likeness (QED) is 0.173. The van der Waals surface area contributed by atoms with Crippen molar-refractivity contribution in [2.75, 3.05) is 0 Å². The lowest BCUT2D eigenvalue weighted by molar-refractivity contribution is -0.148. The standard InChI is InChI=1S/C26H42O6/c1-25(2,23(29)30)15-11-7-5-9-13-19-17-21(27)22(28)18-20(19)14-10-6-8-12-16-26(3,4)24(31)32/h17-18,27-28H,5-16H2,1-4H3,(H,29,30)(H,31,32). The molecule has 4 N–H and O–H groups in total. The van der Waals surface area contributed by atoms with Crippen LogP contribution in [0.5, 0.6) is 11.5 Å². The zero-order valence-corrected chi connectivity index (χ0v) is 20.2. The average molecular weight is 451 g/mol. The van der Waals surface area contributed by atoms with Crippen molar-refractivity contribution in [3.05, 3.63) is 23.3 Å². The molecule has 6 heteroatoms. The van der Waals surface area contributed by atoms with Crippen molar-refractivity contribution in [3.63, 3.8) is 0 Å². The molecule has 0 aliphatic heterocycles. The van der Waals surface area contributed by atoms with Gasteiger partial charge in [0.25, 0.3) is 0 Å². The van der Waals surface area contributed by atoms with Gasteiger partial charge in [-0.1, -0.05) is 38.5 Å². The molecule has 0 saturated heterocycles. The molecule has 0 aromatic heterocycles. The minimum atomic E-state index is -0.757. The van der Waals surface area contributed by atoms with Crippen LogP contribution in [0.15, 0.2) is 12.1 Å². The molecule has 32 heavy (non-hydrogen) atoms. The van der Waals surface area contributed by atoms with Gasteiger partial charge >= 0.3 is 11.9 Å². The Bertz CT molecular complexity index is 688. The molecule has 0 saturated carbocycles. The van der Waals surface area contributed by atoms with Crippen molar-refractivity contribution in [2.24, 2.45) is 10.8 Å². The van der Waals surface area contributed by atoms with E-state index in [2.05, 4.69) is 0 Å². The molecule has 0 radical (unpaired) electrons. The Kier molecular flexibility index (Phi) is 11.0. The van der Waals surface area contributed by atoms with Crippen LogP contribution in [-0.4, -0.2) is 32.4 Å². The number of carboxylic acid groups (broad SMARTS) is 2. The van der Waals surface area contributed by atoms with Crippen molar-refractivity contribution in [3.8, 4) is 11.5 Å². The van der Waals surface area contributed by atoms with Gasteiger partial charge in [-0.2, -0.15) is 0 Å². The molecule has 0 spiro atoms. The lowest BCUT2D eigenvalue weighted by Gasteiger charge is -2.18. The highest BCUT2D eigenvalue weighted by Crippen LogP contribution is 2.31. The molecule has 0 aliphatic rings. The van der Waals surface area contributed by atoms with E-state index >= 15 is 0 Å². The first-order valence-corrected chi connectivity index (χ1v) is 11.9. The van der Waals surface area contributed by atoms with Gasteiger partial charge in [-0.25, -0.2) is 0 Å². The maximum Gasteiger partial charge on any atom is 0.309 e. The topological polar surface area (TPSA) is 115 Å². The lowest BCUT2D eigenvalue weighted by Crippen LogP contribution is -2.23. The molecule has 0 unspecified atom stereocenters. The molecular formula is C26H42O6. The van der Waals surface area contributed by atoms with Gasteiger partial charge in [0.1, 0.15) is 0 Å². The molecule has 0 aliphatic carbocycles. The predicted molar refractivity (Wildman–Crippen MR) is 126 cm³/mol. The fourth-order valence-corrected chi connectivity index (χ4v) is 3.81. The van der Waals surface area contributed by atoms with E-state index in [0.717, 1.165) is 75.3 Å². The van der Waals surface area contributed by atoms with E-state index in [1.165, 1.54) is 0 Å². The van der Waals surface area contributed by atoms with E-state index in [4.69, 9.17) is 0 Å². The van der Waals surface area contributed by atoms with Crippen LogP contribution in [0.4, 0.5) is 0 Å². The van der Waals surface area contributed by atoms with Gasteiger partial charge < -0.3 is 20.4 Å². The van der Waals surface area contributed by atoms with E-state index in [1.807, 2.05) is 0 Å². The predicted octanol–water partition coefficient (Wildman–Crippen LogP) is 6.31. The van der Waals surface area contributed by atoms with Crippen LogP contribution in [-0.2, 0) is 22.4 Å². The van der Waals surface area contributed by atoms with E-state index in [9.17, 15) is 30.0 Å². The van der Waals surface area contributed by atoms with Crippen molar-refractivity contribution < 1.29 is 30.0 Å². The van der Waals surface area contributed by atoms with Crippen LogP contribution in [0.3, 0.4) is 0 Å². The second-order valence-corrected chi connectivity index (χ2v) is 10.3. The van der Waals surface area contributed by atoms with Crippen LogP contribution >= 0.6 is 0 Å². The molecule has 0 fully saturated rings. The number of phenolic OH excluding ortho intramolecular Hbond substituents is 2. The molecule has 0 atom stereocenters. The third kappa shape index (κ3) is 9.49. The molecule has 0 amide bonds. The van der Waals surface area contributed by atoms with Gasteiger partial charge in [0.05, 0.1) is 10.8 Å². The summed E-state index contributed by atoms with van der Waals surface area (Å²) in [6, 6.07) is 3.32. The Hall–Kier alpha value is -2.24. The summed E-state index contributed by atoms with van der Waals surface area (Å²) in [5, 5.41) is 38.2. The zero-order valence-electron chi connectivity index (χ0n) is 20.2. The van der Waals surface area contributed by atoms with Gasteiger partial charge in [-0.15, -0.1) is 0 Å². The van der Waals surface area contributed by atoms with E-state index in [0.29, 0.717) is 12.8 Å². The number of carboxylic acids is 2. The third-order valence-corrected chi connectivity index (χ3v) is 6.45. The number of aromatic hydroxyl groups is 2. The van der Waals surface area contributed by atoms with Crippen molar-refractivity contribution in [1.29, 1.82) is 0 Å². The fraction of sp³-hybridized carbons (Fsp3) is 0.692. The SMILES string of the molecule is CC(C)(CCCCCCc1cc(O)c(O)cc1CCCCCCC(C)(C)C(=O)O)C(=O)O. The van der Waals surface area contributed by atoms with Gasteiger partial charge in [0, 0.05) is 0 Å². The van der Waals surface area contributed by atoms with Gasteiger partial charge in [0.2, 0.25) is 0 Å². The minimum Gasteiger partial charge on any atom is -0.504 e. The first-order chi connectivity index (χ1) is 14.9. The summed E-state index contributed by atoms with van der Waals surface area (Å²) in [4.78, 5) is 22.3. The smallest absolute Gasteiger partial charge is 0.309 e. The summed E-state index contributed by atoms with van der Waals surface area (Å²) in [5.41, 5.74) is 0.745. The molecule has 1 aromatic rings. The van der Waals surface area contributed by atoms with Gasteiger partial charge in [-0.3, -0.25) is 9.59 Å². The number of hydrogen-bond acceptors (Lipinski definition) is 4. The Morgan fingerprint density at radius 1 is 0.625 bits per heavy atom. The van der Waals surface area contributed by atoms with Crippen molar-refractivity contribution in [1.82, 2.24) is 0 Å². The first-order valence-electron chi connectivity index (χ1n) is 11.9. The Morgan fingerprint density at radius 3 is 1.25 bits per heavy atom. The summed E-state index contributed by atoms with van der Waals surface area (Å²) in [7, 11) is 0. The average Bonchev–Trinajstić information content (AvgIpc) is 2.69. The van der Waals surface area contributed by atoms with Crippen LogP contribution in [0.25, 0.3) is 0 Å². The Labute approximate surface area is 192 Å². The summed E-state index contributed by atoms with van der Waals surface area (Å²) in [6.45, 7) is 7.03. The number of hydrogen-bond donors (Lipinski definition) is 4. The second kappa shape index (κ2) is 12.7. The Morgan fingerprint density at radius 2 is 0.938 bits per heavy atom. The van der Waals surface area contributed by atoms with E-state index < -0.39 is 22.8 Å². The maximum atomic E-state index is 11.2. The number of carbonyl (C=O) groups is 2. The minimum absolute atomic E-state index is 0.0946. The second-order valence-electron chi connectivity index (χ2n) is 10.3. The zero-order chi connectivity index (χ0) is 24.4. The lowest BCUT2D eigenvalue weighted by atomic mass is 9.86. The summed E-state index contributed by atoms with van der Waals surface area (Å²) in [6.07, 6.45) is 10.6. The number of benzene rings is 1. The van der Waals surface area contributed by atoms with Gasteiger partial charge in [-0.05, 0) is 89.5 Å². The van der Waals surface area contributed by atoms with Crippen molar-refractivity contribution >= 4 is 11.9 Å². The number of aliphatic carboxylic acids is 2. The number of rotatable bonds is 16. The molecule has 0 heterocycles. The Balaban J connectivity index is 2.44. The molecule has 6 nitrogen and oxygen atoms in total. The van der Waals surface area contributed by atoms with Gasteiger partial charge in [0.15, 0.2) is 11.5 Å². The van der Waals surface area contributed by atoms with Crippen LogP contribution in [0.2, 0.25) is 0 Å². The maximum absolute atomic E-state index is 11.2. The van der Waals surface area contributed by atoms with Crippen LogP contribution in [0, 0.1) is 10.8 Å². The fourth-order valence-electron chi connectivity index (χ4n) is 3.81. The summed E-state index contributed by atoms with van der Waals surface area (Å²) in [5.74, 6) is -1.70. The highest BCUT2D eigenvalue weighted by Gasteiger charge is 2.26. The summed E-state index contributed by atoms with van der Waals surface area (Å²) < 4.78 is 0. The largest absolute Gasteiger partial charge is 0.504 e. The van der Waals surface area contributed by atoms with Crippen molar-refractivity contribution in [2.45, 2.75) is 105 Å². The monoisotopic (exact) mass is 450 g/mol. The molecule has 1 aromatic carbocycles. The molecular weight excluding hydrogens is 408 g/mol. The number of aryl methyl sites for hydroxylation is 2. The molecule has 0 bridgehead atoms. The number of unbranched alkanes of at least 4 members (excludes halogenated alkanes) is 6. The highest BCUT2D eigenvalue weighted by atomic mass is 16.4. The summed E-state index contributed by atoms with van der Waals surface area (Å²) >= 11 is 0. The highest BCUT2D eigenvalue weighted by molar-refractivity contribution is 5.73. The van der Waals surface area contributed by atoms with E-state index in [1.54, 1.807) is 39.8 Å². The third-order valence-electron chi connectivity index (χ3n) is 6.45. The first kappa shape index (κ1) is 27.8. The van der Waals surface area contributed by atoms with Crippen LogP contribution in [0.1, 0.15) is 103 Å². The molecule has 1 rings (SSSR count). The van der Waals surface area contributed by atoms with Crippen LogP contribution < -0.4 is 0 Å². The normalized spacial score (nSPS) is 12.1. The van der Waals surface area contributed by atoms with E-state index in [-0.39, 0.29) is 11.5 Å². The molecule has 182 valence electrons.